The monoisotopic (exact) mass is 782 g/mol. The maximum Gasteiger partial charge on any atom is 0.407 e. The third-order valence-corrected chi connectivity index (χ3v) is 10.8. The molecule has 4 aromatic rings. The Morgan fingerprint density at radius 3 is 2.35 bits per heavy atom. The van der Waals surface area contributed by atoms with Crippen molar-refractivity contribution in [1.82, 2.24) is 50.3 Å². The predicted octanol–water partition coefficient (Wildman–Crippen LogP) is 6.24. The van der Waals surface area contributed by atoms with Crippen LogP contribution < -0.4 is 10.6 Å². The van der Waals surface area contributed by atoms with Crippen molar-refractivity contribution in [3.05, 3.63) is 65.9 Å². The topological polar surface area (TPSA) is 203 Å². The van der Waals surface area contributed by atoms with E-state index in [0.717, 1.165) is 77.6 Å². The third kappa shape index (κ3) is 9.05. The van der Waals surface area contributed by atoms with E-state index in [4.69, 9.17) is 19.4 Å². The second kappa shape index (κ2) is 18.3. The molecule has 1 aliphatic carbocycles. The van der Waals surface area contributed by atoms with E-state index < -0.39 is 24.3 Å². The number of benzene rings is 1. The molecule has 3 atom stereocenters. The van der Waals surface area contributed by atoms with Gasteiger partial charge in [0.05, 0.1) is 67.9 Å². The fourth-order valence-corrected chi connectivity index (χ4v) is 7.60. The molecule has 1 fully saturated rings. The summed E-state index contributed by atoms with van der Waals surface area (Å²) in [7, 11) is 2.57. The first-order valence-electron chi connectivity index (χ1n) is 19.8. The summed E-state index contributed by atoms with van der Waals surface area (Å²) >= 11 is 0. The predicted molar refractivity (Wildman–Crippen MR) is 215 cm³/mol. The largest absolute Gasteiger partial charge is 0.453 e. The molecule has 1 aliphatic heterocycles. The number of amides is 4. The van der Waals surface area contributed by atoms with Crippen molar-refractivity contribution in [3.8, 4) is 11.3 Å². The van der Waals surface area contributed by atoms with E-state index in [1.54, 1.807) is 22.3 Å². The van der Waals surface area contributed by atoms with Crippen molar-refractivity contribution in [2.45, 2.75) is 97.3 Å². The molecule has 5 N–H and O–H groups in total. The molecule has 3 aromatic heterocycles. The zero-order valence-corrected chi connectivity index (χ0v) is 33.6. The summed E-state index contributed by atoms with van der Waals surface area (Å²) in [4.78, 5) is 78.8. The molecule has 304 valence electrons. The van der Waals surface area contributed by atoms with Crippen LogP contribution in [0.2, 0.25) is 0 Å². The Labute approximate surface area is 332 Å². The first-order chi connectivity index (χ1) is 27.6. The lowest BCUT2D eigenvalue weighted by atomic mass is 9.90. The molecule has 6 rings (SSSR count). The molecule has 2 aliphatic rings. The number of hydrogen-bond donors (Lipinski definition) is 5. The van der Waals surface area contributed by atoms with Crippen LogP contribution in [0.15, 0.2) is 43.0 Å². The van der Waals surface area contributed by atoms with Crippen molar-refractivity contribution in [1.29, 1.82) is 0 Å². The Kier molecular flexibility index (Phi) is 13.1. The standard InChI is InChI=1S/C41H54N10O6/c1-7-9-18-50(39(53)34(24(3)4)49-41(55)57-6)22-33-42-20-30(46-33)26-14-12-25(13-15-26)27-16-17-28(36-35(27)44-23-45-36)31-21-43-37(47-31)32-11-10-19-51(32)38(52)29(8-2)48-40(54)56-5/h12,14,16-17,20-21,23-24,29,32,34H,7-11,13,15,18-19,22H2,1-6H3,(H,42,46)(H,43,47)(H,44,45)(H,48,54)(H,49,55). The average Bonchev–Trinajstić information content (AvgIpc) is 4.07. The third-order valence-electron chi connectivity index (χ3n) is 10.8. The maximum atomic E-state index is 13.6. The first-order valence-corrected chi connectivity index (χ1v) is 19.8. The summed E-state index contributed by atoms with van der Waals surface area (Å²) in [6, 6.07) is 2.54. The van der Waals surface area contributed by atoms with Crippen molar-refractivity contribution >= 4 is 46.2 Å². The summed E-state index contributed by atoms with van der Waals surface area (Å²) in [5.74, 6) is 0.931. The van der Waals surface area contributed by atoms with Gasteiger partial charge in [0.2, 0.25) is 11.8 Å². The minimum absolute atomic E-state index is 0.121. The molecule has 0 bridgehead atoms. The molecular weight excluding hydrogens is 729 g/mol. The van der Waals surface area contributed by atoms with Crippen LogP contribution in [0.4, 0.5) is 9.59 Å². The van der Waals surface area contributed by atoms with Crippen molar-refractivity contribution in [3.63, 3.8) is 0 Å². The SMILES string of the molecule is CCCCN(Cc1ncc(C2=CC=C(c3ccc(-c4cnc(C5CCCN5C(=O)C(CC)NC(=O)OC)[nH]4)c4nc[nH]c34)CC2)[nH]1)C(=O)C(NC(=O)OC)C(C)C. The second-order valence-corrected chi connectivity index (χ2v) is 14.9. The van der Waals surface area contributed by atoms with Gasteiger partial charge < -0.3 is 44.9 Å². The highest BCUT2D eigenvalue weighted by Gasteiger charge is 2.36. The molecule has 16 nitrogen and oxygen atoms in total. The van der Waals surface area contributed by atoms with Gasteiger partial charge in [-0.05, 0) is 61.7 Å². The fraction of sp³-hybridized carbons (Fsp3) is 0.488. The summed E-state index contributed by atoms with van der Waals surface area (Å²) in [6.45, 7) is 9.15. The number of carbonyl (C=O) groups is 4. The van der Waals surface area contributed by atoms with Gasteiger partial charge in [0.1, 0.15) is 23.7 Å². The van der Waals surface area contributed by atoms with Crippen LogP contribution in [0.25, 0.3) is 33.4 Å². The number of H-pyrrole nitrogens is 3. The number of hydrogen-bond acceptors (Lipinski definition) is 9. The molecule has 1 aromatic carbocycles. The number of rotatable bonds is 15. The van der Waals surface area contributed by atoms with Crippen LogP contribution in [-0.4, -0.2) is 103 Å². The molecular formula is C41H54N10O6. The van der Waals surface area contributed by atoms with Crippen LogP contribution >= 0.6 is 0 Å². The number of nitrogens with one attached hydrogen (secondary N) is 5. The number of carbonyl (C=O) groups excluding carboxylic acids is 4. The number of imidazole rings is 3. The van der Waals surface area contributed by atoms with Crippen molar-refractivity contribution < 1.29 is 28.7 Å². The van der Waals surface area contributed by atoms with E-state index in [1.165, 1.54) is 19.8 Å². The Morgan fingerprint density at radius 1 is 0.930 bits per heavy atom. The molecule has 0 radical (unpaired) electrons. The molecule has 0 spiro atoms. The number of nitrogens with zero attached hydrogens (tertiary/aromatic N) is 5. The lowest BCUT2D eigenvalue weighted by Crippen LogP contribution is -2.51. The average molecular weight is 783 g/mol. The lowest BCUT2D eigenvalue weighted by molar-refractivity contribution is -0.135. The van der Waals surface area contributed by atoms with E-state index in [9.17, 15) is 19.2 Å². The van der Waals surface area contributed by atoms with Gasteiger partial charge in [-0.15, -0.1) is 0 Å². The highest BCUT2D eigenvalue weighted by Crippen LogP contribution is 2.38. The number of aromatic nitrogens is 6. The number of methoxy groups -OCH3 is 2. The highest BCUT2D eigenvalue weighted by molar-refractivity contribution is 5.98. The number of likely N-dealkylation sites (tertiary alicyclic amines) is 1. The maximum absolute atomic E-state index is 13.6. The quantitative estimate of drug-likeness (QED) is 0.0925. The highest BCUT2D eigenvalue weighted by atomic mass is 16.5. The van der Waals surface area contributed by atoms with Crippen LogP contribution in [0.1, 0.15) is 102 Å². The Balaban J connectivity index is 1.17. The van der Waals surface area contributed by atoms with Crippen molar-refractivity contribution in [2.75, 3.05) is 27.3 Å². The van der Waals surface area contributed by atoms with E-state index >= 15 is 0 Å². The number of allylic oxidation sites excluding steroid dienone is 4. The minimum atomic E-state index is -0.710. The summed E-state index contributed by atoms with van der Waals surface area (Å²) < 4.78 is 9.50. The molecule has 3 unspecified atom stereocenters. The van der Waals surface area contributed by atoms with Gasteiger partial charge in [-0.3, -0.25) is 9.59 Å². The number of unbranched alkanes of at least 4 members (excludes halogenated alkanes) is 1. The Hall–Kier alpha value is -5.93. The first kappa shape index (κ1) is 40.7. The Bertz CT molecular complexity index is 2130. The normalized spacial score (nSPS) is 16.5. The van der Waals surface area contributed by atoms with Crippen LogP contribution in [0.3, 0.4) is 0 Å². The second-order valence-electron chi connectivity index (χ2n) is 14.9. The number of ether oxygens (including phenoxy) is 2. The summed E-state index contributed by atoms with van der Waals surface area (Å²) in [5.41, 5.74) is 7.69. The van der Waals surface area contributed by atoms with Crippen molar-refractivity contribution in [2.24, 2.45) is 5.92 Å². The summed E-state index contributed by atoms with van der Waals surface area (Å²) in [5, 5.41) is 5.35. The number of aromatic amines is 3. The molecule has 16 heteroatoms. The van der Waals surface area contributed by atoms with E-state index in [1.807, 2.05) is 27.0 Å². The molecule has 0 saturated carbocycles. The fourth-order valence-electron chi connectivity index (χ4n) is 7.60. The van der Waals surface area contributed by atoms with Gasteiger partial charge >= 0.3 is 12.2 Å². The van der Waals surface area contributed by atoms with Crippen LogP contribution in [-0.2, 0) is 25.6 Å². The van der Waals surface area contributed by atoms with E-state index in [0.29, 0.717) is 37.7 Å². The number of fused-ring (bicyclic) bond motifs is 1. The van der Waals surface area contributed by atoms with Crippen LogP contribution in [0.5, 0.6) is 0 Å². The van der Waals surface area contributed by atoms with Gasteiger partial charge in [0.25, 0.3) is 0 Å². The Morgan fingerprint density at radius 2 is 1.65 bits per heavy atom. The van der Waals surface area contributed by atoms with Gasteiger partial charge in [-0.25, -0.2) is 24.5 Å². The number of alkyl carbamates (subject to hydrolysis) is 2. The lowest BCUT2D eigenvalue weighted by Gasteiger charge is -2.29. The van der Waals surface area contributed by atoms with Gasteiger partial charge in [0.15, 0.2) is 0 Å². The minimum Gasteiger partial charge on any atom is -0.453 e. The van der Waals surface area contributed by atoms with E-state index in [-0.39, 0.29) is 23.8 Å². The van der Waals surface area contributed by atoms with Gasteiger partial charge in [-0.1, -0.05) is 52.3 Å². The molecule has 4 heterocycles. The van der Waals surface area contributed by atoms with Gasteiger partial charge in [-0.2, -0.15) is 0 Å². The molecule has 57 heavy (non-hydrogen) atoms. The molecule has 1 saturated heterocycles. The summed E-state index contributed by atoms with van der Waals surface area (Å²) in [6.07, 6.45) is 13.7. The molecule has 4 amide bonds. The van der Waals surface area contributed by atoms with Gasteiger partial charge in [0, 0.05) is 24.2 Å². The van der Waals surface area contributed by atoms with Crippen LogP contribution in [0, 0.1) is 5.92 Å². The zero-order chi connectivity index (χ0) is 40.6. The zero-order valence-electron chi connectivity index (χ0n) is 33.6. The van der Waals surface area contributed by atoms with E-state index in [2.05, 4.69) is 61.8 Å². The smallest absolute Gasteiger partial charge is 0.407 e.